The number of hydrogen-bond donors (Lipinski definition) is 2. The van der Waals surface area contributed by atoms with Gasteiger partial charge in [-0.2, -0.15) is 11.3 Å². The highest BCUT2D eigenvalue weighted by atomic mass is 32.1. The fourth-order valence-electron chi connectivity index (χ4n) is 1.73. The molecule has 0 atom stereocenters. The van der Waals surface area contributed by atoms with Gasteiger partial charge in [-0.3, -0.25) is 4.79 Å². The molecule has 0 bridgehead atoms. The number of aromatic nitrogens is 1. The number of pyridine rings is 1. The van der Waals surface area contributed by atoms with Crippen molar-refractivity contribution in [3.8, 4) is 11.8 Å². The average Bonchev–Trinajstić information content (AvgIpc) is 2.91. The molecule has 5 heteroatoms. The van der Waals surface area contributed by atoms with E-state index in [-0.39, 0.29) is 12.5 Å². The summed E-state index contributed by atoms with van der Waals surface area (Å²) in [6.07, 6.45) is 1.95. The van der Waals surface area contributed by atoms with Crippen LogP contribution in [-0.4, -0.2) is 22.6 Å². The standard InChI is InChI=1S/C16H16N2O2S/c1-12-10-21-11-14(12)9-18-16(20)15-13(5-2-3-8-19)6-4-7-17-15/h4,6-7,10-11,19H,3,8-9H2,1H3,(H,18,20). The number of thiophene rings is 1. The minimum absolute atomic E-state index is 0.00618. The molecule has 108 valence electrons. The molecule has 2 aromatic rings. The monoisotopic (exact) mass is 300 g/mol. The minimum Gasteiger partial charge on any atom is -0.395 e. The normalized spacial score (nSPS) is 9.81. The van der Waals surface area contributed by atoms with Gasteiger partial charge in [0.05, 0.1) is 12.2 Å². The zero-order valence-electron chi connectivity index (χ0n) is 11.7. The third-order valence-corrected chi connectivity index (χ3v) is 3.79. The van der Waals surface area contributed by atoms with Crippen molar-refractivity contribution in [1.82, 2.24) is 10.3 Å². The largest absolute Gasteiger partial charge is 0.395 e. The Morgan fingerprint density at radius 3 is 3.05 bits per heavy atom. The lowest BCUT2D eigenvalue weighted by Crippen LogP contribution is -2.24. The van der Waals surface area contributed by atoms with E-state index in [2.05, 4.69) is 22.1 Å². The Hall–Kier alpha value is -2.16. The van der Waals surface area contributed by atoms with Crippen LogP contribution in [0.5, 0.6) is 0 Å². The van der Waals surface area contributed by atoms with Crippen LogP contribution in [0.1, 0.15) is 33.6 Å². The maximum Gasteiger partial charge on any atom is 0.271 e. The van der Waals surface area contributed by atoms with Gasteiger partial charge >= 0.3 is 0 Å². The van der Waals surface area contributed by atoms with Crippen LogP contribution in [0, 0.1) is 18.8 Å². The maximum atomic E-state index is 12.2. The fraction of sp³-hybridized carbons (Fsp3) is 0.250. The lowest BCUT2D eigenvalue weighted by atomic mass is 10.1. The highest BCUT2D eigenvalue weighted by Gasteiger charge is 2.11. The van der Waals surface area contributed by atoms with E-state index in [1.165, 1.54) is 5.56 Å². The van der Waals surface area contributed by atoms with Gasteiger partial charge in [0.2, 0.25) is 0 Å². The van der Waals surface area contributed by atoms with E-state index in [4.69, 9.17) is 5.11 Å². The van der Waals surface area contributed by atoms with E-state index in [0.29, 0.717) is 24.2 Å². The number of hydrogen-bond acceptors (Lipinski definition) is 4. The molecule has 0 aromatic carbocycles. The second-order valence-electron chi connectivity index (χ2n) is 4.44. The number of carbonyl (C=O) groups excluding carboxylic acids is 1. The highest BCUT2D eigenvalue weighted by molar-refractivity contribution is 7.08. The van der Waals surface area contributed by atoms with Gasteiger partial charge in [0.15, 0.2) is 0 Å². The summed E-state index contributed by atoms with van der Waals surface area (Å²) in [6, 6.07) is 3.49. The Morgan fingerprint density at radius 2 is 2.33 bits per heavy atom. The number of nitrogens with zero attached hydrogens (tertiary/aromatic N) is 1. The molecule has 0 aliphatic rings. The van der Waals surface area contributed by atoms with Gasteiger partial charge in [-0.1, -0.05) is 11.8 Å². The molecule has 2 aromatic heterocycles. The number of aryl methyl sites for hydroxylation is 1. The highest BCUT2D eigenvalue weighted by Crippen LogP contribution is 2.13. The quantitative estimate of drug-likeness (QED) is 0.850. The van der Waals surface area contributed by atoms with Crippen LogP contribution < -0.4 is 5.32 Å². The van der Waals surface area contributed by atoms with Crippen LogP contribution in [-0.2, 0) is 6.54 Å². The van der Waals surface area contributed by atoms with Crippen LogP contribution in [0.3, 0.4) is 0 Å². The first-order valence-corrected chi connectivity index (χ1v) is 7.51. The second-order valence-corrected chi connectivity index (χ2v) is 5.18. The molecule has 0 fully saturated rings. The first-order valence-electron chi connectivity index (χ1n) is 6.57. The van der Waals surface area contributed by atoms with Crippen molar-refractivity contribution in [2.45, 2.75) is 19.9 Å². The Balaban J connectivity index is 2.09. The number of aliphatic hydroxyl groups excluding tert-OH is 1. The van der Waals surface area contributed by atoms with Crippen molar-refractivity contribution >= 4 is 17.2 Å². The third kappa shape index (κ3) is 4.15. The van der Waals surface area contributed by atoms with Gasteiger partial charge in [-0.15, -0.1) is 0 Å². The zero-order chi connectivity index (χ0) is 15.1. The van der Waals surface area contributed by atoms with Crippen LogP contribution in [0.25, 0.3) is 0 Å². The number of aliphatic hydroxyl groups is 1. The van der Waals surface area contributed by atoms with Gasteiger partial charge < -0.3 is 10.4 Å². The van der Waals surface area contributed by atoms with Crippen molar-refractivity contribution < 1.29 is 9.90 Å². The summed E-state index contributed by atoms with van der Waals surface area (Å²) in [6.45, 7) is 2.50. The summed E-state index contributed by atoms with van der Waals surface area (Å²) in [5, 5.41) is 15.7. The molecular weight excluding hydrogens is 284 g/mol. The second kappa shape index (κ2) is 7.58. The van der Waals surface area contributed by atoms with E-state index in [9.17, 15) is 4.79 Å². The molecule has 0 saturated carbocycles. The Labute approximate surface area is 127 Å². The van der Waals surface area contributed by atoms with Crippen LogP contribution in [0.15, 0.2) is 29.1 Å². The van der Waals surface area contributed by atoms with Gasteiger partial charge in [0.25, 0.3) is 5.91 Å². The maximum absolute atomic E-state index is 12.2. The summed E-state index contributed by atoms with van der Waals surface area (Å²) in [7, 11) is 0. The van der Waals surface area contributed by atoms with Gasteiger partial charge in [-0.05, 0) is 40.9 Å². The molecule has 2 heterocycles. The molecule has 0 aliphatic heterocycles. The predicted molar refractivity (Wildman–Crippen MR) is 83.0 cm³/mol. The molecule has 0 aliphatic carbocycles. The SMILES string of the molecule is Cc1cscc1CNC(=O)c1ncccc1C#CCCO. The van der Waals surface area contributed by atoms with Crippen LogP contribution in [0.4, 0.5) is 0 Å². The Kier molecular flexibility index (Phi) is 5.50. The van der Waals surface area contributed by atoms with Crippen molar-refractivity contribution in [1.29, 1.82) is 0 Å². The predicted octanol–water partition coefficient (Wildman–Crippen LogP) is 2.12. The smallest absolute Gasteiger partial charge is 0.271 e. The van der Waals surface area contributed by atoms with Crippen molar-refractivity contribution in [2.24, 2.45) is 0 Å². The first kappa shape index (κ1) is 15.2. The lowest BCUT2D eigenvalue weighted by molar-refractivity contribution is 0.0945. The van der Waals surface area contributed by atoms with Crippen molar-refractivity contribution in [3.63, 3.8) is 0 Å². The molecule has 2 rings (SSSR count). The van der Waals surface area contributed by atoms with Gasteiger partial charge in [-0.25, -0.2) is 4.98 Å². The molecule has 0 saturated heterocycles. The number of carbonyl (C=O) groups is 1. The first-order chi connectivity index (χ1) is 10.2. The van der Waals surface area contributed by atoms with E-state index in [1.54, 1.807) is 29.7 Å². The topological polar surface area (TPSA) is 62.2 Å². The summed E-state index contributed by atoms with van der Waals surface area (Å²) >= 11 is 1.62. The fourth-order valence-corrected chi connectivity index (χ4v) is 2.58. The minimum atomic E-state index is -0.241. The van der Waals surface area contributed by atoms with Gasteiger partial charge in [0.1, 0.15) is 5.69 Å². The van der Waals surface area contributed by atoms with E-state index >= 15 is 0 Å². The molecule has 0 unspecified atom stereocenters. The lowest BCUT2D eigenvalue weighted by Gasteiger charge is -2.06. The van der Waals surface area contributed by atoms with E-state index < -0.39 is 0 Å². The molecular formula is C16H16N2O2S. The Morgan fingerprint density at radius 1 is 1.48 bits per heavy atom. The molecule has 21 heavy (non-hydrogen) atoms. The molecule has 0 spiro atoms. The number of amides is 1. The summed E-state index contributed by atoms with van der Waals surface area (Å²) < 4.78 is 0. The molecule has 0 radical (unpaired) electrons. The zero-order valence-corrected chi connectivity index (χ0v) is 12.5. The van der Waals surface area contributed by atoms with Crippen molar-refractivity contribution in [2.75, 3.05) is 6.61 Å². The third-order valence-electron chi connectivity index (χ3n) is 2.88. The Bertz CT molecular complexity index is 683. The molecule has 2 N–H and O–H groups in total. The molecule has 1 amide bonds. The number of nitrogens with one attached hydrogen (secondary N) is 1. The summed E-state index contributed by atoms with van der Waals surface area (Å²) in [5.41, 5.74) is 3.17. The van der Waals surface area contributed by atoms with E-state index in [1.807, 2.05) is 17.7 Å². The summed E-state index contributed by atoms with van der Waals surface area (Å²) in [4.78, 5) is 16.3. The van der Waals surface area contributed by atoms with E-state index in [0.717, 1.165) is 5.56 Å². The van der Waals surface area contributed by atoms with Crippen molar-refractivity contribution in [3.05, 3.63) is 51.5 Å². The van der Waals surface area contributed by atoms with Crippen LogP contribution in [0.2, 0.25) is 0 Å². The number of rotatable bonds is 4. The van der Waals surface area contributed by atoms with Gasteiger partial charge in [0, 0.05) is 19.2 Å². The summed E-state index contributed by atoms with van der Waals surface area (Å²) in [5.74, 6) is 5.43. The average molecular weight is 300 g/mol. The molecule has 4 nitrogen and oxygen atoms in total. The van der Waals surface area contributed by atoms with Crippen LogP contribution >= 0.6 is 11.3 Å².